The molecule has 0 N–H and O–H groups in total. The molecule has 0 aliphatic heterocycles. The van der Waals surface area contributed by atoms with Crippen molar-refractivity contribution in [2.75, 3.05) is 0 Å². The average Bonchev–Trinajstić information content (AvgIpc) is 2.91. The van der Waals surface area contributed by atoms with Gasteiger partial charge in [-0.2, -0.15) is 0 Å². The molecule has 0 heterocycles. The molecular weight excluding hydrogens is 200 g/mol. The van der Waals surface area contributed by atoms with E-state index in [1.807, 2.05) is 0 Å². The lowest BCUT2D eigenvalue weighted by Crippen LogP contribution is -2.25. The Labute approximate surface area is 97.0 Å². The van der Waals surface area contributed by atoms with Crippen molar-refractivity contribution in [1.82, 2.24) is 0 Å². The molecular formula is C14H19O2-. The topological polar surface area (TPSA) is 40.1 Å². The fourth-order valence-electron chi connectivity index (χ4n) is 2.82. The van der Waals surface area contributed by atoms with Gasteiger partial charge >= 0.3 is 0 Å². The van der Waals surface area contributed by atoms with E-state index in [0.717, 1.165) is 38.5 Å². The van der Waals surface area contributed by atoms with E-state index < -0.39 is 5.97 Å². The predicted molar refractivity (Wildman–Crippen MR) is 61.5 cm³/mol. The van der Waals surface area contributed by atoms with E-state index in [1.165, 1.54) is 0 Å². The molecule has 1 unspecified atom stereocenters. The molecule has 2 rings (SSSR count). The lowest BCUT2D eigenvalue weighted by molar-refractivity contribution is -0.308. The largest absolute Gasteiger partial charge is 0.550 e. The predicted octanol–water partition coefficient (Wildman–Crippen LogP) is 2.07. The molecule has 88 valence electrons. The van der Waals surface area contributed by atoms with Crippen molar-refractivity contribution in [2.24, 2.45) is 17.8 Å². The summed E-state index contributed by atoms with van der Waals surface area (Å²) in [6.45, 7) is 0. The van der Waals surface area contributed by atoms with Crippen LogP contribution in [-0.4, -0.2) is 5.97 Å². The lowest BCUT2D eigenvalue weighted by atomic mass is 10.1. The number of allylic oxidation sites excluding steroid dienone is 4. The molecule has 1 fully saturated rings. The van der Waals surface area contributed by atoms with Gasteiger partial charge in [0.05, 0.1) is 0 Å². The van der Waals surface area contributed by atoms with Crippen molar-refractivity contribution >= 4 is 5.97 Å². The van der Waals surface area contributed by atoms with Crippen LogP contribution >= 0.6 is 0 Å². The maximum Gasteiger partial charge on any atom is 0.0451 e. The molecule has 0 bridgehead atoms. The first-order valence-electron chi connectivity index (χ1n) is 6.31. The highest BCUT2D eigenvalue weighted by atomic mass is 16.4. The van der Waals surface area contributed by atoms with Gasteiger partial charge in [0.2, 0.25) is 0 Å². The Morgan fingerprint density at radius 1 is 0.875 bits per heavy atom. The van der Waals surface area contributed by atoms with Crippen LogP contribution < -0.4 is 5.11 Å². The van der Waals surface area contributed by atoms with Gasteiger partial charge in [-0.15, -0.1) is 0 Å². The summed E-state index contributed by atoms with van der Waals surface area (Å²) in [4.78, 5) is 10.9. The minimum absolute atomic E-state index is 0.164. The molecule has 0 saturated heterocycles. The molecule has 0 radical (unpaired) electrons. The number of carboxylic acid groups (broad SMARTS) is 1. The fraction of sp³-hybridized carbons (Fsp3) is 0.643. The molecule has 2 heteroatoms. The Morgan fingerprint density at radius 3 is 1.75 bits per heavy atom. The Kier molecular flexibility index (Phi) is 3.81. The number of hydrogen-bond donors (Lipinski definition) is 0. The van der Waals surface area contributed by atoms with Gasteiger partial charge in [-0.1, -0.05) is 24.3 Å². The summed E-state index contributed by atoms with van der Waals surface area (Å²) in [5.41, 5.74) is 0. The molecule has 2 aliphatic rings. The monoisotopic (exact) mass is 219 g/mol. The average molecular weight is 219 g/mol. The second kappa shape index (κ2) is 5.33. The number of aliphatic carboxylic acids is 1. The number of carboxylic acids is 1. The Balaban J connectivity index is 1.92. The summed E-state index contributed by atoms with van der Waals surface area (Å²) in [6.07, 6.45) is 15.1. The molecule has 0 aromatic carbocycles. The zero-order chi connectivity index (χ0) is 11.4. The minimum Gasteiger partial charge on any atom is -0.550 e. The van der Waals surface area contributed by atoms with Crippen LogP contribution in [-0.2, 0) is 4.79 Å². The number of fused-ring (bicyclic) bond motifs is 1. The molecule has 0 amide bonds. The van der Waals surface area contributed by atoms with E-state index in [-0.39, 0.29) is 5.92 Å². The van der Waals surface area contributed by atoms with Gasteiger partial charge in [0.25, 0.3) is 0 Å². The van der Waals surface area contributed by atoms with Gasteiger partial charge in [-0.05, 0) is 50.4 Å². The highest BCUT2D eigenvalue weighted by Gasteiger charge is 2.48. The third-order valence-corrected chi connectivity index (χ3v) is 3.77. The maximum atomic E-state index is 10.9. The van der Waals surface area contributed by atoms with Crippen LogP contribution in [0, 0.1) is 17.8 Å². The van der Waals surface area contributed by atoms with E-state index in [0.29, 0.717) is 11.8 Å². The van der Waals surface area contributed by atoms with Crippen molar-refractivity contribution < 1.29 is 9.90 Å². The lowest BCUT2D eigenvalue weighted by Gasteiger charge is -1.98. The maximum absolute atomic E-state index is 10.9. The standard InChI is InChI=1S/C14H20O2/c15-14(16)13-11-9-7-5-3-1-2-4-6-8-10-12(11)13/h3-6,11-13H,1-2,7-10H2,(H,15,16)/p-1/b5-3-,6-4+/t11-,12+,13?/m1/s1. The van der Waals surface area contributed by atoms with Crippen LogP contribution in [0.4, 0.5) is 0 Å². The van der Waals surface area contributed by atoms with E-state index >= 15 is 0 Å². The molecule has 2 aliphatic carbocycles. The van der Waals surface area contributed by atoms with Crippen molar-refractivity contribution in [3.05, 3.63) is 24.3 Å². The van der Waals surface area contributed by atoms with E-state index in [4.69, 9.17) is 0 Å². The first-order valence-corrected chi connectivity index (χ1v) is 6.31. The summed E-state index contributed by atoms with van der Waals surface area (Å²) < 4.78 is 0. The Morgan fingerprint density at radius 2 is 1.31 bits per heavy atom. The zero-order valence-electron chi connectivity index (χ0n) is 9.60. The smallest absolute Gasteiger partial charge is 0.0451 e. The van der Waals surface area contributed by atoms with E-state index in [2.05, 4.69) is 24.3 Å². The van der Waals surface area contributed by atoms with Crippen molar-refractivity contribution in [1.29, 1.82) is 0 Å². The fourth-order valence-corrected chi connectivity index (χ4v) is 2.82. The first kappa shape index (κ1) is 11.4. The van der Waals surface area contributed by atoms with Gasteiger partial charge in [-0.25, -0.2) is 0 Å². The van der Waals surface area contributed by atoms with Gasteiger partial charge in [0.1, 0.15) is 0 Å². The second-order valence-electron chi connectivity index (χ2n) is 4.85. The third kappa shape index (κ3) is 2.75. The van der Waals surface area contributed by atoms with Gasteiger partial charge < -0.3 is 9.90 Å². The molecule has 1 saturated carbocycles. The number of hydrogen-bond acceptors (Lipinski definition) is 2. The second-order valence-corrected chi connectivity index (χ2v) is 4.85. The number of rotatable bonds is 1. The summed E-state index contributed by atoms with van der Waals surface area (Å²) in [7, 11) is 0. The van der Waals surface area contributed by atoms with Crippen LogP contribution in [0.1, 0.15) is 38.5 Å². The SMILES string of the molecule is O=C([O-])C1[C@H]2CC/C=C/CC/C=C\CC[C@@H]12. The van der Waals surface area contributed by atoms with Crippen molar-refractivity contribution in [3.8, 4) is 0 Å². The molecule has 2 nitrogen and oxygen atoms in total. The van der Waals surface area contributed by atoms with Crippen LogP contribution in [0.25, 0.3) is 0 Å². The molecule has 0 spiro atoms. The molecule has 16 heavy (non-hydrogen) atoms. The van der Waals surface area contributed by atoms with Gasteiger partial charge in [0.15, 0.2) is 0 Å². The van der Waals surface area contributed by atoms with Crippen LogP contribution in [0.15, 0.2) is 24.3 Å². The molecule has 0 aromatic rings. The summed E-state index contributed by atoms with van der Waals surface area (Å²) in [5, 5.41) is 10.9. The summed E-state index contributed by atoms with van der Waals surface area (Å²) >= 11 is 0. The first-order chi connectivity index (χ1) is 7.80. The van der Waals surface area contributed by atoms with Crippen molar-refractivity contribution in [3.63, 3.8) is 0 Å². The van der Waals surface area contributed by atoms with Crippen molar-refractivity contribution in [2.45, 2.75) is 38.5 Å². The van der Waals surface area contributed by atoms with Crippen LogP contribution in [0.5, 0.6) is 0 Å². The quantitative estimate of drug-likeness (QED) is 0.633. The van der Waals surface area contributed by atoms with Crippen LogP contribution in [0.2, 0.25) is 0 Å². The summed E-state index contributed by atoms with van der Waals surface area (Å²) in [6, 6.07) is 0. The van der Waals surface area contributed by atoms with E-state index in [9.17, 15) is 9.90 Å². The summed E-state index contributed by atoms with van der Waals surface area (Å²) in [5.74, 6) is -0.245. The van der Waals surface area contributed by atoms with Gasteiger partial charge in [-0.3, -0.25) is 0 Å². The Bertz CT molecular complexity index is 280. The molecule has 0 aromatic heterocycles. The molecule has 3 atom stereocenters. The van der Waals surface area contributed by atoms with Crippen LogP contribution in [0.3, 0.4) is 0 Å². The normalized spacial score (nSPS) is 38.6. The Hall–Kier alpha value is -1.05. The van der Waals surface area contributed by atoms with Gasteiger partial charge in [0, 0.05) is 11.9 Å². The minimum atomic E-state index is -0.835. The zero-order valence-corrected chi connectivity index (χ0v) is 9.60. The van der Waals surface area contributed by atoms with E-state index in [1.54, 1.807) is 0 Å². The highest BCUT2D eigenvalue weighted by molar-refractivity contribution is 5.72. The number of carbonyl (C=O) groups is 1. The number of carbonyl (C=O) groups excluding carboxylic acids is 1. The highest BCUT2D eigenvalue weighted by Crippen LogP contribution is 2.51. The third-order valence-electron chi connectivity index (χ3n) is 3.77.